The van der Waals surface area contributed by atoms with Crippen molar-refractivity contribution in [3.63, 3.8) is 0 Å². The summed E-state index contributed by atoms with van der Waals surface area (Å²) in [5.41, 5.74) is 3.27. The SMILES string of the molecule is CCOc1ccccc1/C=C(/NC(=O)c1ccccc1)C(=O)Nc1cccc(SC(CC)C(=O)Nc2sc3c(c2C#N)CCC(C)C3)c1. The van der Waals surface area contributed by atoms with E-state index in [0.29, 0.717) is 52.1 Å². The second-order valence-electron chi connectivity index (χ2n) is 11.5. The number of carbonyl (C=O) groups is 3. The van der Waals surface area contributed by atoms with Gasteiger partial charge in [0.05, 0.1) is 17.4 Å². The first-order chi connectivity index (χ1) is 23.3. The van der Waals surface area contributed by atoms with Crippen LogP contribution in [0.25, 0.3) is 6.08 Å². The lowest BCUT2D eigenvalue weighted by atomic mass is 9.88. The van der Waals surface area contributed by atoms with E-state index in [9.17, 15) is 19.6 Å². The van der Waals surface area contributed by atoms with Crippen molar-refractivity contribution in [3.05, 3.63) is 112 Å². The largest absolute Gasteiger partial charge is 0.493 e. The molecule has 0 radical (unpaired) electrons. The Hall–Kier alpha value is -4.85. The summed E-state index contributed by atoms with van der Waals surface area (Å²) < 4.78 is 5.74. The van der Waals surface area contributed by atoms with Gasteiger partial charge in [0.25, 0.3) is 11.8 Å². The molecule has 3 aromatic carbocycles. The second kappa shape index (κ2) is 16.3. The zero-order chi connectivity index (χ0) is 34.0. The molecule has 1 aliphatic rings. The van der Waals surface area contributed by atoms with E-state index in [1.54, 1.807) is 54.6 Å². The molecular weight excluding hydrogens is 641 g/mol. The van der Waals surface area contributed by atoms with Gasteiger partial charge in [0, 0.05) is 26.6 Å². The first-order valence-electron chi connectivity index (χ1n) is 16.0. The van der Waals surface area contributed by atoms with Gasteiger partial charge in [-0.1, -0.05) is 56.3 Å². The van der Waals surface area contributed by atoms with Crippen LogP contribution in [0.15, 0.2) is 89.5 Å². The Balaban J connectivity index is 1.33. The number of thiophene rings is 1. The zero-order valence-electron chi connectivity index (χ0n) is 27.2. The van der Waals surface area contributed by atoms with Crippen LogP contribution in [0.4, 0.5) is 10.7 Å². The topological polar surface area (TPSA) is 120 Å². The van der Waals surface area contributed by atoms with Crippen molar-refractivity contribution in [1.82, 2.24) is 5.32 Å². The van der Waals surface area contributed by atoms with Crippen LogP contribution >= 0.6 is 23.1 Å². The maximum atomic E-state index is 13.7. The molecule has 246 valence electrons. The van der Waals surface area contributed by atoms with Crippen molar-refractivity contribution in [3.8, 4) is 11.8 Å². The van der Waals surface area contributed by atoms with Crippen LogP contribution in [0.1, 0.15) is 65.5 Å². The molecule has 0 spiro atoms. The first-order valence-corrected chi connectivity index (χ1v) is 17.7. The molecule has 8 nitrogen and oxygen atoms in total. The normalized spacial score (nSPS) is 14.6. The minimum Gasteiger partial charge on any atom is -0.493 e. The van der Waals surface area contributed by atoms with Crippen molar-refractivity contribution >= 4 is 57.6 Å². The van der Waals surface area contributed by atoms with Gasteiger partial charge in [0.1, 0.15) is 22.5 Å². The number of rotatable bonds is 12. The molecular formula is C38H38N4O4S2. The van der Waals surface area contributed by atoms with Crippen LogP contribution in [0, 0.1) is 17.2 Å². The average molecular weight is 679 g/mol. The number of nitrogens with one attached hydrogen (secondary N) is 3. The van der Waals surface area contributed by atoms with Crippen LogP contribution in [0.3, 0.4) is 0 Å². The van der Waals surface area contributed by atoms with Gasteiger partial charge < -0.3 is 20.7 Å². The molecule has 1 heterocycles. The summed E-state index contributed by atoms with van der Waals surface area (Å²) in [6.45, 7) is 6.48. The Morgan fingerprint density at radius 1 is 1.04 bits per heavy atom. The van der Waals surface area contributed by atoms with Gasteiger partial charge in [-0.2, -0.15) is 5.26 Å². The van der Waals surface area contributed by atoms with E-state index in [4.69, 9.17) is 4.74 Å². The molecule has 5 rings (SSSR count). The fraction of sp³-hybridized carbons (Fsp3) is 0.263. The van der Waals surface area contributed by atoms with E-state index < -0.39 is 17.1 Å². The Morgan fingerprint density at radius 3 is 2.56 bits per heavy atom. The highest BCUT2D eigenvalue weighted by Crippen LogP contribution is 2.40. The first kappa shape index (κ1) is 34.5. The monoisotopic (exact) mass is 678 g/mol. The van der Waals surface area contributed by atoms with E-state index in [1.807, 2.05) is 44.2 Å². The van der Waals surface area contributed by atoms with Gasteiger partial charge in [-0.25, -0.2) is 0 Å². The molecule has 1 aliphatic carbocycles. The Bertz CT molecular complexity index is 1860. The molecule has 0 saturated carbocycles. The third-order valence-electron chi connectivity index (χ3n) is 7.94. The number of thioether (sulfide) groups is 1. The standard InChI is InChI=1S/C38H38N4O4S2/c1-4-33(37(45)42-38-30(23-39)29-19-18-24(3)20-34(29)48-38)47-28-16-11-15-27(22-28)40-36(44)31(41-35(43)25-12-7-6-8-13-25)21-26-14-9-10-17-32(26)46-5-2/h6-17,21-22,24,33H,4-5,18-20H2,1-3H3,(H,40,44)(H,41,43)(H,42,45)/b31-21+. The van der Waals surface area contributed by atoms with Crippen LogP contribution in [0.2, 0.25) is 0 Å². The predicted molar refractivity (Wildman–Crippen MR) is 193 cm³/mol. The molecule has 0 bridgehead atoms. The highest BCUT2D eigenvalue weighted by Gasteiger charge is 2.27. The quantitative estimate of drug-likeness (QED) is 0.103. The summed E-state index contributed by atoms with van der Waals surface area (Å²) >= 11 is 2.91. The van der Waals surface area contributed by atoms with Crippen molar-refractivity contribution < 1.29 is 19.1 Å². The zero-order valence-corrected chi connectivity index (χ0v) is 28.8. The van der Waals surface area contributed by atoms with Crippen molar-refractivity contribution in [2.24, 2.45) is 5.92 Å². The van der Waals surface area contributed by atoms with E-state index >= 15 is 0 Å². The number of nitriles is 1. The number of anilines is 2. The van der Waals surface area contributed by atoms with Crippen molar-refractivity contribution in [1.29, 1.82) is 5.26 Å². The van der Waals surface area contributed by atoms with E-state index in [1.165, 1.54) is 28.0 Å². The van der Waals surface area contributed by atoms with E-state index in [2.05, 4.69) is 28.9 Å². The Kier molecular flexibility index (Phi) is 11.7. The smallest absolute Gasteiger partial charge is 0.272 e. The predicted octanol–water partition coefficient (Wildman–Crippen LogP) is 8.06. The summed E-state index contributed by atoms with van der Waals surface area (Å²) in [6.07, 6.45) is 5.00. The summed E-state index contributed by atoms with van der Waals surface area (Å²) in [5.74, 6) is 0.0448. The number of ether oxygens (including phenoxy) is 1. The molecule has 4 aromatic rings. The number of carbonyl (C=O) groups excluding carboxylic acids is 3. The van der Waals surface area contributed by atoms with Crippen molar-refractivity contribution in [2.75, 3.05) is 17.2 Å². The van der Waals surface area contributed by atoms with E-state index in [-0.39, 0.29) is 11.6 Å². The molecule has 10 heteroatoms. The van der Waals surface area contributed by atoms with Gasteiger partial charge in [-0.05, 0) is 86.6 Å². The highest BCUT2D eigenvalue weighted by atomic mass is 32.2. The molecule has 3 amide bonds. The van der Waals surface area contributed by atoms with Crippen LogP contribution < -0.4 is 20.7 Å². The molecule has 0 saturated heterocycles. The number of hydrogen-bond donors (Lipinski definition) is 3. The third kappa shape index (κ3) is 8.54. The molecule has 0 fully saturated rings. The third-order valence-corrected chi connectivity index (χ3v) is 10.5. The second-order valence-corrected chi connectivity index (χ2v) is 13.9. The molecule has 48 heavy (non-hydrogen) atoms. The molecule has 2 unspecified atom stereocenters. The molecule has 0 aliphatic heterocycles. The molecule has 1 aromatic heterocycles. The highest BCUT2D eigenvalue weighted by molar-refractivity contribution is 8.00. The van der Waals surface area contributed by atoms with Gasteiger partial charge in [0.2, 0.25) is 5.91 Å². The minimum atomic E-state index is -0.516. The molecule has 3 N–H and O–H groups in total. The lowest BCUT2D eigenvalue weighted by Gasteiger charge is -2.17. The Morgan fingerprint density at radius 2 is 1.81 bits per heavy atom. The summed E-state index contributed by atoms with van der Waals surface area (Å²) in [7, 11) is 0. The molecule has 2 atom stereocenters. The maximum Gasteiger partial charge on any atom is 0.272 e. The number of benzene rings is 3. The van der Waals surface area contributed by atoms with Gasteiger partial charge in [-0.3, -0.25) is 14.4 Å². The lowest BCUT2D eigenvalue weighted by molar-refractivity contribution is -0.116. The summed E-state index contributed by atoms with van der Waals surface area (Å²) in [5, 5.41) is 18.8. The summed E-state index contributed by atoms with van der Waals surface area (Å²) in [4.78, 5) is 42.2. The number of hydrogen-bond acceptors (Lipinski definition) is 7. The van der Waals surface area contributed by atoms with Gasteiger partial charge in [-0.15, -0.1) is 23.1 Å². The fourth-order valence-electron chi connectivity index (χ4n) is 5.47. The maximum absolute atomic E-state index is 13.7. The number of nitrogens with zero attached hydrogens (tertiary/aromatic N) is 1. The van der Waals surface area contributed by atoms with Crippen molar-refractivity contribution in [2.45, 2.75) is 56.6 Å². The number of para-hydroxylation sites is 1. The number of amides is 3. The van der Waals surface area contributed by atoms with Crippen LogP contribution in [-0.2, 0) is 22.4 Å². The van der Waals surface area contributed by atoms with Gasteiger partial charge in [0.15, 0.2) is 0 Å². The summed E-state index contributed by atoms with van der Waals surface area (Å²) in [6, 6.07) is 25.5. The minimum absolute atomic E-state index is 0.0428. The van der Waals surface area contributed by atoms with Gasteiger partial charge >= 0.3 is 0 Å². The van der Waals surface area contributed by atoms with Crippen LogP contribution in [-0.4, -0.2) is 29.6 Å². The Labute approximate surface area is 289 Å². The average Bonchev–Trinajstić information content (AvgIpc) is 3.43. The lowest BCUT2D eigenvalue weighted by Crippen LogP contribution is -2.30. The van der Waals surface area contributed by atoms with E-state index in [0.717, 1.165) is 29.7 Å². The fourth-order valence-corrected chi connectivity index (χ4v) is 7.84. The van der Waals surface area contributed by atoms with Crippen LogP contribution in [0.5, 0.6) is 5.75 Å². The number of fused-ring (bicyclic) bond motifs is 1.